The van der Waals surface area contributed by atoms with Crippen molar-refractivity contribution in [1.29, 1.82) is 0 Å². The first-order valence-corrected chi connectivity index (χ1v) is 9.27. The number of ether oxygens (including phenoxy) is 1. The van der Waals surface area contributed by atoms with Crippen molar-refractivity contribution in [1.82, 2.24) is 20.8 Å². The van der Waals surface area contributed by atoms with Crippen molar-refractivity contribution in [2.75, 3.05) is 27.2 Å². The summed E-state index contributed by atoms with van der Waals surface area (Å²) in [7, 11) is 3.46. The third kappa shape index (κ3) is 7.56. The van der Waals surface area contributed by atoms with Gasteiger partial charge in [0.2, 0.25) is 11.7 Å². The highest BCUT2D eigenvalue weighted by molar-refractivity contribution is 14.0. The van der Waals surface area contributed by atoms with E-state index in [1.165, 1.54) is 0 Å². The van der Waals surface area contributed by atoms with Crippen LogP contribution in [0.25, 0.3) is 11.4 Å². The van der Waals surface area contributed by atoms with E-state index in [1.54, 1.807) is 26.3 Å². The van der Waals surface area contributed by atoms with Crippen molar-refractivity contribution >= 4 is 41.5 Å². The number of nitrogens with one attached hydrogen (secondary N) is 2. The molecule has 7 nitrogen and oxygen atoms in total. The number of benzene rings is 1. The zero-order valence-corrected chi connectivity index (χ0v) is 20.0. The molecule has 2 N–H and O–H groups in total. The summed E-state index contributed by atoms with van der Waals surface area (Å²) < 4.78 is 10.9. The van der Waals surface area contributed by atoms with Gasteiger partial charge in [0, 0.05) is 44.3 Å². The maximum atomic E-state index is 5.90. The minimum absolute atomic E-state index is 0. The minimum atomic E-state index is 0. The summed E-state index contributed by atoms with van der Waals surface area (Å²) in [6.07, 6.45) is 0.669. The summed E-state index contributed by atoms with van der Waals surface area (Å²) in [6.45, 7) is 7.72. The fourth-order valence-corrected chi connectivity index (χ4v) is 2.64. The molecule has 0 aliphatic rings. The summed E-state index contributed by atoms with van der Waals surface area (Å²) in [4.78, 5) is 8.64. The second-order valence-corrected chi connectivity index (χ2v) is 7.68. The van der Waals surface area contributed by atoms with Gasteiger partial charge in [-0.2, -0.15) is 4.98 Å². The van der Waals surface area contributed by atoms with E-state index in [0.717, 1.165) is 5.56 Å². The van der Waals surface area contributed by atoms with E-state index >= 15 is 0 Å². The first-order valence-electron chi connectivity index (χ1n) is 8.89. The van der Waals surface area contributed by atoms with Gasteiger partial charge in [-0.25, -0.2) is 0 Å². The van der Waals surface area contributed by atoms with Crippen molar-refractivity contribution in [2.24, 2.45) is 10.4 Å². The van der Waals surface area contributed by atoms with Crippen LogP contribution in [0.4, 0.5) is 0 Å². The van der Waals surface area contributed by atoms with Crippen LogP contribution < -0.4 is 10.6 Å². The summed E-state index contributed by atoms with van der Waals surface area (Å²) in [5.41, 5.74) is 0.912. The van der Waals surface area contributed by atoms with E-state index < -0.39 is 0 Å². The molecule has 0 radical (unpaired) electrons. The van der Waals surface area contributed by atoms with Gasteiger partial charge < -0.3 is 19.9 Å². The fourth-order valence-electron chi connectivity index (χ4n) is 2.51. The molecular formula is C19H29ClIN5O2. The Morgan fingerprint density at radius 3 is 2.50 bits per heavy atom. The Balaban J connectivity index is 0.00000392. The minimum Gasteiger partial charge on any atom is -0.379 e. The molecule has 156 valence electrons. The van der Waals surface area contributed by atoms with Crippen molar-refractivity contribution < 1.29 is 9.26 Å². The van der Waals surface area contributed by atoms with Crippen LogP contribution in [0.15, 0.2) is 33.8 Å². The largest absolute Gasteiger partial charge is 0.379 e. The molecule has 2 rings (SSSR count). The number of guanidine groups is 1. The monoisotopic (exact) mass is 521 g/mol. The number of nitrogens with zero attached hydrogens (tertiary/aromatic N) is 3. The van der Waals surface area contributed by atoms with Crippen LogP contribution in [0.5, 0.6) is 0 Å². The number of halogens is 2. The lowest BCUT2D eigenvalue weighted by atomic mass is 9.89. The average molecular weight is 522 g/mol. The Morgan fingerprint density at radius 2 is 1.93 bits per heavy atom. The van der Waals surface area contributed by atoms with Crippen molar-refractivity contribution in [3.63, 3.8) is 0 Å². The lowest BCUT2D eigenvalue weighted by Crippen LogP contribution is -2.45. The molecule has 2 aromatic rings. The van der Waals surface area contributed by atoms with Gasteiger partial charge in [-0.15, -0.1) is 24.0 Å². The molecule has 0 aliphatic carbocycles. The Labute approximate surface area is 188 Å². The molecule has 1 unspecified atom stereocenters. The smallest absolute Gasteiger partial charge is 0.228 e. The molecule has 0 fully saturated rings. The third-order valence-electron chi connectivity index (χ3n) is 4.13. The van der Waals surface area contributed by atoms with Gasteiger partial charge in [0.25, 0.3) is 0 Å². The van der Waals surface area contributed by atoms with Gasteiger partial charge in [0.15, 0.2) is 5.96 Å². The standard InChI is InChI=1S/C19H28ClN5O2.HI/c1-19(2,3)15(26-5)12-23-18(21-4)22-11-10-16-24-17(25-27-16)13-6-8-14(20)9-7-13;/h6-9,15H,10-12H2,1-5H3,(H2,21,22,23);1H. The molecule has 0 bridgehead atoms. The summed E-state index contributed by atoms with van der Waals surface area (Å²) in [5, 5.41) is 11.2. The second-order valence-electron chi connectivity index (χ2n) is 7.24. The van der Waals surface area contributed by atoms with Crippen LogP contribution in [0.3, 0.4) is 0 Å². The van der Waals surface area contributed by atoms with Crippen molar-refractivity contribution in [3.05, 3.63) is 35.2 Å². The highest BCUT2D eigenvalue weighted by Crippen LogP contribution is 2.21. The van der Waals surface area contributed by atoms with Crippen LogP contribution in [0.1, 0.15) is 26.7 Å². The molecule has 1 aromatic heterocycles. The molecule has 0 amide bonds. The zero-order valence-electron chi connectivity index (χ0n) is 17.0. The van der Waals surface area contributed by atoms with Gasteiger partial charge in [0.1, 0.15) is 0 Å². The molecular weight excluding hydrogens is 493 g/mol. The van der Waals surface area contributed by atoms with E-state index in [9.17, 15) is 0 Å². The van der Waals surface area contributed by atoms with E-state index in [1.807, 2.05) is 12.1 Å². The van der Waals surface area contributed by atoms with Crippen LogP contribution in [-0.2, 0) is 11.2 Å². The normalized spacial score (nSPS) is 13.0. The molecule has 0 aliphatic heterocycles. The van der Waals surface area contributed by atoms with Crippen molar-refractivity contribution in [3.8, 4) is 11.4 Å². The van der Waals surface area contributed by atoms with Crippen molar-refractivity contribution in [2.45, 2.75) is 33.3 Å². The Bertz CT molecular complexity index is 744. The van der Waals surface area contributed by atoms with Gasteiger partial charge in [-0.05, 0) is 29.7 Å². The highest BCUT2D eigenvalue weighted by Gasteiger charge is 2.24. The topological polar surface area (TPSA) is 84.6 Å². The van der Waals surface area contributed by atoms with Gasteiger partial charge in [-0.1, -0.05) is 37.5 Å². The van der Waals surface area contributed by atoms with Gasteiger partial charge in [0.05, 0.1) is 6.10 Å². The lowest BCUT2D eigenvalue weighted by Gasteiger charge is -2.30. The number of hydrogen-bond acceptors (Lipinski definition) is 5. The van der Waals surface area contributed by atoms with Gasteiger partial charge in [-0.3, -0.25) is 4.99 Å². The van der Waals surface area contributed by atoms with E-state index in [4.69, 9.17) is 20.9 Å². The SMILES string of the molecule is CN=C(NCCc1nc(-c2ccc(Cl)cc2)no1)NCC(OC)C(C)(C)C.I. The lowest BCUT2D eigenvalue weighted by molar-refractivity contribution is 0.0205. The van der Waals surface area contributed by atoms with E-state index in [-0.39, 0.29) is 35.5 Å². The molecule has 1 heterocycles. The molecule has 1 atom stereocenters. The number of hydrogen-bond donors (Lipinski definition) is 2. The first-order chi connectivity index (χ1) is 12.8. The Hall–Kier alpha value is -1.39. The van der Waals surface area contributed by atoms with E-state index in [2.05, 4.69) is 46.5 Å². The number of aromatic nitrogens is 2. The zero-order chi connectivity index (χ0) is 19.9. The third-order valence-corrected chi connectivity index (χ3v) is 4.38. The molecule has 1 aromatic carbocycles. The Morgan fingerprint density at radius 1 is 1.25 bits per heavy atom. The predicted octanol–water partition coefficient (Wildman–Crippen LogP) is 3.78. The second kappa shape index (κ2) is 11.6. The van der Waals surface area contributed by atoms with Gasteiger partial charge >= 0.3 is 0 Å². The summed E-state index contributed by atoms with van der Waals surface area (Å²) in [6, 6.07) is 7.33. The molecule has 0 saturated heterocycles. The molecule has 28 heavy (non-hydrogen) atoms. The molecule has 0 saturated carbocycles. The maximum absolute atomic E-state index is 5.90. The number of methoxy groups -OCH3 is 1. The van der Waals surface area contributed by atoms with Crippen LogP contribution in [0.2, 0.25) is 5.02 Å². The molecule has 9 heteroatoms. The van der Waals surface area contributed by atoms with Crippen LogP contribution in [-0.4, -0.2) is 49.5 Å². The predicted molar refractivity (Wildman–Crippen MR) is 123 cm³/mol. The maximum Gasteiger partial charge on any atom is 0.228 e. The average Bonchev–Trinajstić information content (AvgIpc) is 3.09. The number of rotatable bonds is 7. The summed E-state index contributed by atoms with van der Waals surface area (Å²) in [5.74, 6) is 1.82. The Kier molecular flexibility index (Phi) is 10.2. The highest BCUT2D eigenvalue weighted by atomic mass is 127. The quantitative estimate of drug-likeness (QED) is 0.328. The van der Waals surface area contributed by atoms with Crippen LogP contribution >= 0.6 is 35.6 Å². The molecule has 0 spiro atoms. The first kappa shape index (κ1) is 24.6. The van der Waals surface area contributed by atoms with E-state index in [0.29, 0.717) is 42.2 Å². The fraction of sp³-hybridized carbons (Fsp3) is 0.526. The van der Waals surface area contributed by atoms with Crippen LogP contribution in [0, 0.1) is 5.41 Å². The summed E-state index contributed by atoms with van der Waals surface area (Å²) >= 11 is 5.90. The number of aliphatic imine (C=N–C) groups is 1.